The van der Waals surface area contributed by atoms with E-state index in [-0.39, 0.29) is 0 Å². The van der Waals surface area contributed by atoms with E-state index in [0.29, 0.717) is 0 Å². The van der Waals surface area contributed by atoms with E-state index in [4.69, 9.17) is 4.74 Å². The monoisotopic (exact) mass is 238 g/mol. The van der Waals surface area contributed by atoms with Crippen LogP contribution in [0.2, 0.25) is 0 Å². The van der Waals surface area contributed by atoms with Gasteiger partial charge in [-0.1, -0.05) is 35.4 Å². The molecule has 0 aliphatic carbocycles. The number of ether oxygens (including phenoxy) is 1. The van der Waals surface area contributed by atoms with Gasteiger partial charge in [0.15, 0.2) is 0 Å². The molecule has 3 rings (SSSR count). The van der Waals surface area contributed by atoms with E-state index in [0.717, 1.165) is 17.9 Å². The highest BCUT2D eigenvalue weighted by Gasteiger charge is 2.20. The number of hydrogen-bond donors (Lipinski definition) is 0. The zero-order valence-corrected chi connectivity index (χ0v) is 11.4. The molecular formula is C17H18O. The van der Waals surface area contributed by atoms with Crippen LogP contribution in [0.4, 0.5) is 0 Å². The van der Waals surface area contributed by atoms with Crippen molar-refractivity contribution in [3.63, 3.8) is 0 Å². The van der Waals surface area contributed by atoms with E-state index >= 15 is 0 Å². The van der Waals surface area contributed by atoms with Gasteiger partial charge in [-0.15, -0.1) is 0 Å². The molecule has 1 nitrogen and oxygen atoms in total. The molecule has 0 atom stereocenters. The molecule has 0 fully saturated rings. The van der Waals surface area contributed by atoms with Crippen molar-refractivity contribution in [2.75, 3.05) is 0 Å². The van der Waals surface area contributed by atoms with Crippen molar-refractivity contribution in [3.8, 4) is 11.5 Å². The predicted octanol–water partition coefficient (Wildman–Crippen LogP) is 4.62. The van der Waals surface area contributed by atoms with Gasteiger partial charge in [-0.25, -0.2) is 0 Å². The van der Waals surface area contributed by atoms with Crippen LogP contribution < -0.4 is 4.74 Å². The molecular weight excluding hydrogens is 220 g/mol. The molecule has 0 spiro atoms. The molecule has 0 N–H and O–H groups in total. The number of hydrogen-bond acceptors (Lipinski definition) is 1. The number of rotatable bonds is 0. The Bertz CT molecular complexity index is 583. The standard InChI is InChI=1S/C17H18O/c1-10-5-12(3)16-14(7-10)9-15-8-11(2)6-13(4)17(15)18-16/h5-8H,9H2,1-4H3. The third-order valence-electron chi connectivity index (χ3n) is 3.58. The summed E-state index contributed by atoms with van der Waals surface area (Å²) >= 11 is 0. The van der Waals surface area contributed by atoms with Crippen molar-refractivity contribution in [1.82, 2.24) is 0 Å². The van der Waals surface area contributed by atoms with E-state index in [1.165, 1.54) is 33.4 Å². The summed E-state index contributed by atoms with van der Waals surface area (Å²) in [5, 5.41) is 0. The van der Waals surface area contributed by atoms with Crippen molar-refractivity contribution in [3.05, 3.63) is 57.6 Å². The maximum Gasteiger partial charge on any atom is 0.133 e. The van der Waals surface area contributed by atoms with Gasteiger partial charge in [0.25, 0.3) is 0 Å². The van der Waals surface area contributed by atoms with E-state index in [2.05, 4.69) is 52.0 Å². The Labute approximate surface area is 108 Å². The molecule has 2 aromatic carbocycles. The Balaban J connectivity index is 2.18. The molecule has 2 aromatic rings. The van der Waals surface area contributed by atoms with Crippen LogP contribution in [0.25, 0.3) is 0 Å². The van der Waals surface area contributed by atoms with E-state index in [1.807, 2.05) is 0 Å². The largest absolute Gasteiger partial charge is 0.456 e. The summed E-state index contributed by atoms with van der Waals surface area (Å²) in [5.41, 5.74) is 7.70. The third kappa shape index (κ3) is 1.71. The molecule has 18 heavy (non-hydrogen) atoms. The molecule has 1 heteroatoms. The second kappa shape index (κ2) is 3.88. The first-order chi connectivity index (χ1) is 8.54. The molecule has 0 saturated carbocycles. The van der Waals surface area contributed by atoms with Crippen LogP contribution >= 0.6 is 0 Å². The van der Waals surface area contributed by atoms with Crippen molar-refractivity contribution < 1.29 is 4.74 Å². The first-order valence-electron chi connectivity index (χ1n) is 6.42. The molecule has 1 aliphatic rings. The highest BCUT2D eigenvalue weighted by Crippen LogP contribution is 2.41. The lowest BCUT2D eigenvalue weighted by Gasteiger charge is -2.24. The zero-order valence-electron chi connectivity index (χ0n) is 11.4. The minimum atomic E-state index is 0.982. The average Bonchev–Trinajstić information content (AvgIpc) is 2.26. The van der Waals surface area contributed by atoms with E-state index < -0.39 is 0 Å². The van der Waals surface area contributed by atoms with Crippen LogP contribution in [0.15, 0.2) is 24.3 Å². The lowest BCUT2D eigenvalue weighted by Crippen LogP contribution is -2.06. The maximum atomic E-state index is 6.15. The minimum absolute atomic E-state index is 0.982. The minimum Gasteiger partial charge on any atom is -0.456 e. The van der Waals surface area contributed by atoms with Crippen LogP contribution in [-0.4, -0.2) is 0 Å². The molecule has 0 aromatic heterocycles. The van der Waals surface area contributed by atoms with Crippen molar-refractivity contribution in [1.29, 1.82) is 0 Å². The van der Waals surface area contributed by atoms with Crippen molar-refractivity contribution in [2.45, 2.75) is 34.1 Å². The quantitative estimate of drug-likeness (QED) is 0.555. The van der Waals surface area contributed by atoms with Gasteiger partial charge < -0.3 is 4.74 Å². The summed E-state index contributed by atoms with van der Waals surface area (Å²) in [4.78, 5) is 0. The fourth-order valence-corrected chi connectivity index (χ4v) is 2.95. The third-order valence-corrected chi connectivity index (χ3v) is 3.58. The fraction of sp³-hybridized carbons (Fsp3) is 0.294. The van der Waals surface area contributed by atoms with Crippen LogP contribution in [0.1, 0.15) is 33.4 Å². The van der Waals surface area contributed by atoms with E-state index in [9.17, 15) is 0 Å². The van der Waals surface area contributed by atoms with Gasteiger partial charge in [0.1, 0.15) is 11.5 Å². The van der Waals surface area contributed by atoms with Gasteiger partial charge in [0, 0.05) is 6.42 Å². The van der Waals surface area contributed by atoms with Crippen molar-refractivity contribution >= 4 is 0 Å². The Morgan fingerprint density at radius 1 is 0.722 bits per heavy atom. The Hall–Kier alpha value is -1.76. The van der Waals surface area contributed by atoms with Crippen LogP contribution in [0.5, 0.6) is 11.5 Å². The van der Waals surface area contributed by atoms with Crippen molar-refractivity contribution in [2.24, 2.45) is 0 Å². The summed E-state index contributed by atoms with van der Waals surface area (Å²) in [6.45, 7) is 8.54. The highest BCUT2D eigenvalue weighted by atomic mass is 16.5. The highest BCUT2D eigenvalue weighted by molar-refractivity contribution is 5.57. The fourth-order valence-electron chi connectivity index (χ4n) is 2.95. The van der Waals surface area contributed by atoms with Crippen LogP contribution in [-0.2, 0) is 6.42 Å². The normalized spacial score (nSPS) is 12.7. The number of aryl methyl sites for hydroxylation is 4. The topological polar surface area (TPSA) is 9.23 Å². The molecule has 0 unspecified atom stereocenters. The Morgan fingerprint density at radius 2 is 1.17 bits per heavy atom. The second-order valence-corrected chi connectivity index (χ2v) is 5.42. The molecule has 92 valence electrons. The average molecular weight is 238 g/mol. The molecule has 0 saturated heterocycles. The van der Waals surface area contributed by atoms with Crippen LogP contribution in [0, 0.1) is 27.7 Å². The summed E-state index contributed by atoms with van der Waals surface area (Å²) in [6.07, 6.45) is 0.982. The molecule has 1 aliphatic heterocycles. The second-order valence-electron chi connectivity index (χ2n) is 5.42. The lowest BCUT2D eigenvalue weighted by molar-refractivity contribution is 0.452. The first-order valence-corrected chi connectivity index (χ1v) is 6.42. The van der Waals surface area contributed by atoms with E-state index in [1.54, 1.807) is 0 Å². The molecule has 1 heterocycles. The van der Waals surface area contributed by atoms with Crippen LogP contribution in [0.3, 0.4) is 0 Å². The zero-order chi connectivity index (χ0) is 12.9. The maximum absolute atomic E-state index is 6.15. The number of fused-ring (bicyclic) bond motifs is 2. The first kappa shape index (κ1) is 11.3. The summed E-state index contributed by atoms with van der Waals surface area (Å²) in [5.74, 6) is 2.11. The van der Waals surface area contributed by atoms with Gasteiger partial charge in [0.05, 0.1) is 0 Å². The van der Waals surface area contributed by atoms with Gasteiger partial charge in [0.2, 0.25) is 0 Å². The van der Waals surface area contributed by atoms with Gasteiger partial charge in [-0.2, -0.15) is 0 Å². The van der Waals surface area contributed by atoms with Gasteiger partial charge in [-0.3, -0.25) is 0 Å². The lowest BCUT2D eigenvalue weighted by atomic mass is 9.94. The smallest absolute Gasteiger partial charge is 0.133 e. The SMILES string of the molecule is Cc1cc(C)c2c(c1)Cc1cc(C)cc(C)c1O2. The summed E-state index contributed by atoms with van der Waals surface area (Å²) < 4.78 is 6.15. The Morgan fingerprint density at radius 3 is 1.61 bits per heavy atom. The van der Waals surface area contributed by atoms with Gasteiger partial charge in [-0.05, 0) is 49.9 Å². The molecule has 0 radical (unpaired) electrons. The summed E-state index contributed by atoms with van der Waals surface area (Å²) in [7, 11) is 0. The number of benzene rings is 2. The molecule has 0 amide bonds. The Kier molecular flexibility index (Phi) is 2.44. The van der Waals surface area contributed by atoms with Gasteiger partial charge >= 0.3 is 0 Å². The molecule has 0 bridgehead atoms. The summed E-state index contributed by atoms with van der Waals surface area (Å²) in [6, 6.07) is 8.85. The predicted molar refractivity (Wildman–Crippen MR) is 74.7 cm³/mol.